The fourth-order valence-corrected chi connectivity index (χ4v) is 2.38. The Morgan fingerprint density at radius 2 is 1.36 bits per heavy atom. The van der Waals surface area contributed by atoms with Crippen LogP contribution in [-0.4, -0.2) is 12.0 Å². The highest BCUT2D eigenvalue weighted by Crippen LogP contribution is 2.25. The largest absolute Gasteiger partial charge is 0.363 e. The lowest BCUT2D eigenvalue weighted by atomic mass is 10.1. The molecule has 0 aliphatic heterocycles. The van der Waals surface area contributed by atoms with Crippen molar-refractivity contribution in [3.63, 3.8) is 0 Å². The molecular weight excluding hydrogens is 316 g/mol. The Morgan fingerprint density at radius 3 is 2.00 bits per heavy atom. The minimum atomic E-state index is -0.880. The van der Waals surface area contributed by atoms with Crippen LogP contribution in [0.3, 0.4) is 0 Å². The number of nitrogens with zero attached hydrogens (tertiary/aromatic N) is 1. The van der Waals surface area contributed by atoms with Crippen LogP contribution in [0.25, 0.3) is 11.1 Å². The first-order valence-electron chi connectivity index (χ1n) is 7.67. The van der Waals surface area contributed by atoms with Crippen molar-refractivity contribution in [1.82, 2.24) is 0 Å². The monoisotopic (exact) mass is 332 g/mol. The summed E-state index contributed by atoms with van der Waals surface area (Å²) in [4.78, 5) is 29.2. The van der Waals surface area contributed by atoms with Gasteiger partial charge in [0, 0.05) is 0 Å². The van der Waals surface area contributed by atoms with Crippen LogP contribution in [-0.2, 0) is 4.84 Å². The van der Waals surface area contributed by atoms with E-state index in [4.69, 9.17) is 10.6 Å². The van der Waals surface area contributed by atoms with Gasteiger partial charge in [0.2, 0.25) is 0 Å². The summed E-state index contributed by atoms with van der Waals surface area (Å²) < 4.78 is 0. The van der Waals surface area contributed by atoms with Gasteiger partial charge in [0.1, 0.15) is 0 Å². The maximum absolute atomic E-state index is 12.2. The molecule has 124 valence electrons. The third-order valence-corrected chi connectivity index (χ3v) is 3.57. The molecule has 5 heteroatoms. The second-order valence-electron chi connectivity index (χ2n) is 5.29. The SMILES string of the molecule is NC(=O)N(OC(=O)c1ccccc1)c1cccc(-c2ccccc2)c1. The predicted molar refractivity (Wildman–Crippen MR) is 95.8 cm³/mol. The minimum Gasteiger partial charge on any atom is -0.349 e. The van der Waals surface area contributed by atoms with Gasteiger partial charge in [0.05, 0.1) is 11.3 Å². The number of hydrogen-bond acceptors (Lipinski definition) is 3. The third-order valence-electron chi connectivity index (χ3n) is 3.57. The number of nitrogens with two attached hydrogens (primary N) is 1. The fraction of sp³-hybridized carbons (Fsp3) is 0. The summed E-state index contributed by atoms with van der Waals surface area (Å²) in [5.74, 6) is -0.662. The normalized spacial score (nSPS) is 10.1. The van der Waals surface area contributed by atoms with Gasteiger partial charge in [-0.1, -0.05) is 60.7 Å². The molecule has 0 saturated carbocycles. The lowest BCUT2D eigenvalue weighted by Crippen LogP contribution is -2.37. The number of anilines is 1. The Labute approximate surface area is 145 Å². The topological polar surface area (TPSA) is 72.6 Å². The number of primary amides is 1. The summed E-state index contributed by atoms with van der Waals surface area (Å²) in [6, 6.07) is 24.2. The molecule has 3 aromatic rings. The first-order chi connectivity index (χ1) is 12.1. The average molecular weight is 332 g/mol. The van der Waals surface area contributed by atoms with Crippen LogP contribution in [0.15, 0.2) is 84.9 Å². The fourth-order valence-electron chi connectivity index (χ4n) is 2.38. The number of carbonyl (C=O) groups is 2. The van der Waals surface area contributed by atoms with Crippen LogP contribution < -0.4 is 10.8 Å². The Bertz CT molecular complexity index is 880. The summed E-state index contributed by atoms with van der Waals surface area (Å²) >= 11 is 0. The molecule has 0 unspecified atom stereocenters. The summed E-state index contributed by atoms with van der Waals surface area (Å²) in [6.07, 6.45) is 0. The number of amides is 2. The molecule has 0 fully saturated rings. The summed E-state index contributed by atoms with van der Waals surface area (Å²) in [6.45, 7) is 0. The molecule has 0 aliphatic rings. The molecule has 0 aliphatic carbocycles. The second-order valence-corrected chi connectivity index (χ2v) is 5.29. The van der Waals surface area contributed by atoms with Crippen LogP contribution in [0.2, 0.25) is 0 Å². The van der Waals surface area contributed by atoms with Gasteiger partial charge in [0.15, 0.2) is 0 Å². The van der Waals surface area contributed by atoms with Crippen LogP contribution in [0.4, 0.5) is 10.5 Å². The molecule has 3 rings (SSSR count). The molecule has 0 spiro atoms. The highest BCUT2D eigenvalue weighted by molar-refractivity contribution is 5.96. The first kappa shape index (κ1) is 16.3. The van der Waals surface area contributed by atoms with E-state index < -0.39 is 12.0 Å². The number of carbonyl (C=O) groups excluding carboxylic acids is 2. The Morgan fingerprint density at radius 1 is 0.760 bits per heavy atom. The molecule has 0 bridgehead atoms. The number of urea groups is 1. The second kappa shape index (κ2) is 7.31. The number of benzene rings is 3. The number of hydroxylamine groups is 1. The lowest BCUT2D eigenvalue weighted by Gasteiger charge is -2.19. The lowest BCUT2D eigenvalue weighted by molar-refractivity contribution is 0.0488. The van der Waals surface area contributed by atoms with Gasteiger partial charge in [0.25, 0.3) is 0 Å². The summed E-state index contributed by atoms with van der Waals surface area (Å²) in [7, 11) is 0. The van der Waals surface area contributed by atoms with Gasteiger partial charge in [-0.05, 0) is 35.4 Å². The zero-order valence-corrected chi connectivity index (χ0v) is 13.3. The van der Waals surface area contributed by atoms with Crippen molar-refractivity contribution in [3.8, 4) is 11.1 Å². The minimum absolute atomic E-state index is 0.327. The van der Waals surface area contributed by atoms with E-state index in [-0.39, 0.29) is 0 Å². The standard InChI is InChI=1S/C20H16N2O3/c21-20(24)22(25-19(23)16-10-5-2-6-11-16)18-13-7-12-17(14-18)15-8-3-1-4-9-15/h1-14H,(H2,21,24). The summed E-state index contributed by atoms with van der Waals surface area (Å²) in [5.41, 5.74) is 7.94. The van der Waals surface area contributed by atoms with Gasteiger partial charge in [-0.25, -0.2) is 9.59 Å². The van der Waals surface area contributed by atoms with Crippen molar-refractivity contribution < 1.29 is 14.4 Å². The van der Waals surface area contributed by atoms with E-state index >= 15 is 0 Å². The molecule has 0 heterocycles. The van der Waals surface area contributed by atoms with Gasteiger partial charge in [-0.2, -0.15) is 0 Å². The van der Waals surface area contributed by atoms with Crippen molar-refractivity contribution in [3.05, 3.63) is 90.5 Å². The third kappa shape index (κ3) is 3.84. The maximum atomic E-state index is 12.2. The van der Waals surface area contributed by atoms with E-state index in [2.05, 4.69) is 0 Å². The zero-order chi connectivity index (χ0) is 17.6. The van der Waals surface area contributed by atoms with Crippen LogP contribution in [0.5, 0.6) is 0 Å². The highest BCUT2D eigenvalue weighted by Gasteiger charge is 2.20. The van der Waals surface area contributed by atoms with Gasteiger partial charge < -0.3 is 10.6 Å². The quantitative estimate of drug-likeness (QED) is 0.737. The molecular formula is C20H16N2O3. The summed E-state index contributed by atoms with van der Waals surface area (Å²) in [5, 5.41) is 0.793. The first-order valence-corrected chi connectivity index (χ1v) is 7.67. The van der Waals surface area contributed by atoms with Crippen molar-refractivity contribution in [2.45, 2.75) is 0 Å². The van der Waals surface area contributed by atoms with E-state index in [1.165, 1.54) is 0 Å². The molecule has 2 amide bonds. The van der Waals surface area contributed by atoms with Crippen molar-refractivity contribution in [2.75, 3.05) is 5.06 Å². The van der Waals surface area contributed by atoms with Crippen molar-refractivity contribution >= 4 is 17.7 Å². The van der Waals surface area contributed by atoms with Crippen LogP contribution >= 0.6 is 0 Å². The maximum Gasteiger partial charge on any atom is 0.363 e. The van der Waals surface area contributed by atoms with Gasteiger partial charge in [-0.15, -0.1) is 5.06 Å². The van der Waals surface area contributed by atoms with E-state index in [9.17, 15) is 9.59 Å². The molecule has 3 aromatic carbocycles. The number of hydrogen-bond donors (Lipinski definition) is 1. The van der Waals surface area contributed by atoms with Gasteiger partial charge >= 0.3 is 12.0 Å². The Balaban J connectivity index is 1.89. The van der Waals surface area contributed by atoms with E-state index in [0.29, 0.717) is 11.3 Å². The van der Waals surface area contributed by atoms with Crippen LogP contribution in [0, 0.1) is 0 Å². The van der Waals surface area contributed by atoms with Crippen molar-refractivity contribution in [1.29, 1.82) is 0 Å². The Hall–Kier alpha value is -3.60. The molecule has 0 radical (unpaired) electrons. The number of rotatable bonds is 3. The van der Waals surface area contributed by atoms with E-state index in [1.54, 1.807) is 48.5 Å². The Kier molecular flexibility index (Phi) is 4.76. The molecule has 2 N–H and O–H groups in total. The zero-order valence-electron chi connectivity index (χ0n) is 13.3. The van der Waals surface area contributed by atoms with E-state index in [0.717, 1.165) is 16.2 Å². The molecule has 5 nitrogen and oxygen atoms in total. The van der Waals surface area contributed by atoms with Crippen LogP contribution in [0.1, 0.15) is 10.4 Å². The van der Waals surface area contributed by atoms with E-state index in [1.807, 2.05) is 36.4 Å². The van der Waals surface area contributed by atoms with Gasteiger partial charge in [-0.3, -0.25) is 0 Å². The molecule has 0 saturated heterocycles. The van der Waals surface area contributed by atoms with Crippen molar-refractivity contribution in [2.24, 2.45) is 5.73 Å². The molecule has 0 atom stereocenters. The highest BCUT2D eigenvalue weighted by atomic mass is 16.7. The predicted octanol–water partition coefficient (Wildman–Crippen LogP) is 4.01. The molecule has 25 heavy (non-hydrogen) atoms. The smallest absolute Gasteiger partial charge is 0.349 e. The average Bonchev–Trinajstić information content (AvgIpc) is 2.67. The molecule has 0 aromatic heterocycles.